The normalized spacial score (nSPS) is 23.6. The molecule has 1 aliphatic rings. The van der Waals surface area contributed by atoms with Crippen molar-refractivity contribution >= 4 is 11.9 Å². The van der Waals surface area contributed by atoms with Gasteiger partial charge in [0, 0.05) is 13.8 Å². The van der Waals surface area contributed by atoms with Gasteiger partial charge in [0.15, 0.2) is 5.92 Å². The van der Waals surface area contributed by atoms with E-state index < -0.39 is 23.6 Å². The molecule has 0 aromatic rings. The van der Waals surface area contributed by atoms with Crippen LogP contribution in [0.5, 0.6) is 0 Å². The molecule has 0 N–H and O–H groups in total. The van der Waals surface area contributed by atoms with Crippen molar-refractivity contribution in [1.82, 2.24) is 0 Å². The van der Waals surface area contributed by atoms with Crippen molar-refractivity contribution in [3.8, 4) is 0 Å². The van der Waals surface area contributed by atoms with Gasteiger partial charge in [-0.15, -0.1) is 0 Å². The van der Waals surface area contributed by atoms with Gasteiger partial charge >= 0.3 is 11.9 Å². The molecule has 1 heterocycles. The van der Waals surface area contributed by atoms with E-state index in [2.05, 4.69) is 0 Å². The van der Waals surface area contributed by atoms with Gasteiger partial charge in [0.1, 0.15) is 0 Å². The van der Waals surface area contributed by atoms with E-state index in [4.69, 9.17) is 9.47 Å². The lowest BCUT2D eigenvalue weighted by molar-refractivity contribution is -0.243. The summed E-state index contributed by atoms with van der Waals surface area (Å²) in [5, 5.41) is 0. The molecule has 0 bridgehead atoms. The Kier molecular flexibility index (Phi) is 3.07. The van der Waals surface area contributed by atoms with Crippen LogP contribution >= 0.6 is 0 Å². The SMILES string of the molecule is CC(C)C(C)C1C(=O)OC(C)(C)OC1=O. The second-order valence-electron chi connectivity index (χ2n) is 4.82. The first-order chi connectivity index (χ1) is 6.74. The van der Waals surface area contributed by atoms with Crippen LogP contribution in [0.3, 0.4) is 0 Å². The molecule has 1 fully saturated rings. The minimum Gasteiger partial charge on any atom is -0.422 e. The van der Waals surface area contributed by atoms with Crippen LogP contribution in [-0.4, -0.2) is 17.7 Å². The molecule has 0 spiro atoms. The molecule has 1 unspecified atom stereocenters. The summed E-state index contributed by atoms with van der Waals surface area (Å²) in [5.41, 5.74) is 0. The van der Waals surface area contributed by atoms with Gasteiger partial charge in [0.2, 0.25) is 0 Å². The van der Waals surface area contributed by atoms with E-state index in [0.717, 1.165) is 0 Å². The Bertz CT molecular complexity index is 260. The van der Waals surface area contributed by atoms with Crippen LogP contribution in [0.2, 0.25) is 0 Å². The van der Waals surface area contributed by atoms with Gasteiger partial charge in [0.05, 0.1) is 0 Å². The molecule has 0 aliphatic carbocycles. The zero-order valence-electron chi connectivity index (χ0n) is 9.87. The molecule has 0 aromatic carbocycles. The van der Waals surface area contributed by atoms with Gasteiger partial charge in [-0.25, -0.2) is 0 Å². The number of cyclic esters (lactones) is 2. The molecular weight excluding hydrogens is 196 g/mol. The molecule has 1 atom stereocenters. The van der Waals surface area contributed by atoms with Crippen LogP contribution in [0.15, 0.2) is 0 Å². The Morgan fingerprint density at radius 1 is 1.07 bits per heavy atom. The van der Waals surface area contributed by atoms with Gasteiger partial charge in [-0.2, -0.15) is 0 Å². The lowest BCUT2D eigenvalue weighted by Crippen LogP contribution is -2.49. The highest BCUT2D eigenvalue weighted by atomic mass is 16.7. The van der Waals surface area contributed by atoms with Gasteiger partial charge < -0.3 is 9.47 Å². The minimum absolute atomic E-state index is 0.0684. The van der Waals surface area contributed by atoms with Crippen molar-refractivity contribution in [3.63, 3.8) is 0 Å². The number of ether oxygens (including phenoxy) is 2. The summed E-state index contributed by atoms with van der Waals surface area (Å²) >= 11 is 0. The highest BCUT2D eigenvalue weighted by Gasteiger charge is 2.46. The van der Waals surface area contributed by atoms with Gasteiger partial charge in [-0.1, -0.05) is 20.8 Å². The molecule has 1 saturated heterocycles. The van der Waals surface area contributed by atoms with Crippen molar-refractivity contribution in [3.05, 3.63) is 0 Å². The summed E-state index contributed by atoms with van der Waals surface area (Å²) in [7, 11) is 0. The average molecular weight is 214 g/mol. The van der Waals surface area contributed by atoms with E-state index in [-0.39, 0.29) is 11.8 Å². The minimum atomic E-state index is -1.12. The lowest BCUT2D eigenvalue weighted by Gasteiger charge is -2.35. The number of esters is 2. The van der Waals surface area contributed by atoms with E-state index in [1.54, 1.807) is 13.8 Å². The number of hydrogen-bond donors (Lipinski definition) is 0. The maximum atomic E-state index is 11.6. The Morgan fingerprint density at radius 2 is 1.47 bits per heavy atom. The molecule has 15 heavy (non-hydrogen) atoms. The van der Waals surface area contributed by atoms with Crippen LogP contribution in [0, 0.1) is 17.8 Å². The maximum Gasteiger partial charge on any atom is 0.323 e. The summed E-state index contributed by atoms with van der Waals surface area (Å²) < 4.78 is 10.1. The Hall–Kier alpha value is -1.06. The molecule has 0 amide bonds. The summed E-state index contributed by atoms with van der Waals surface area (Å²) in [6, 6.07) is 0. The zero-order valence-corrected chi connectivity index (χ0v) is 9.87. The predicted octanol–water partition coefficient (Wildman–Crippen LogP) is 1.73. The second-order valence-corrected chi connectivity index (χ2v) is 4.82. The number of rotatable bonds is 2. The third kappa shape index (κ3) is 2.49. The van der Waals surface area contributed by atoms with Crippen molar-refractivity contribution in [2.24, 2.45) is 17.8 Å². The van der Waals surface area contributed by atoms with E-state index in [1.165, 1.54) is 0 Å². The summed E-state index contributed by atoms with van der Waals surface area (Å²) in [4.78, 5) is 23.3. The molecule has 4 nitrogen and oxygen atoms in total. The first-order valence-corrected chi connectivity index (χ1v) is 5.20. The summed E-state index contributed by atoms with van der Waals surface area (Å²) in [6.45, 7) is 8.89. The van der Waals surface area contributed by atoms with Crippen LogP contribution in [0.4, 0.5) is 0 Å². The summed E-state index contributed by atoms with van der Waals surface area (Å²) in [6.07, 6.45) is 0. The molecule has 1 rings (SSSR count). The van der Waals surface area contributed by atoms with E-state index >= 15 is 0 Å². The fourth-order valence-electron chi connectivity index (χ4n) is 1.54. The first-order valence-electron chi connectivity index (χ1n) is 5.20. The van der Waals surface area contributed by atoms with Crippen LogP contribution < -0.4 is 0 Å². The molecular formula is C11H18O4. The topological polar surface area (TPSA) is 52.6 Å². The first kappa shape index (κ1) is 12.0. The Balaban J connectivity index is 2.84. The fourth-order valence-corrected chi connectivity index (χ4v) is 1.54. The third-order valence-corrected chi connectivity index (χ3v) is 2.78. The molecule has 4 heteroatoms. The molecule has 86 valence electrons. The van der Waals surface area contributed by atoms with Crippen molar-refractivity contribution in [2.45, 2.75) is 40.4 Å². The number of hydrogen-bond acceptors (Lipinski definition) is 4. The predicted molar refractivity (Wildman–Crippen MR) is 53.8 cm³/mol. The Morgan fingerprint density at radius 3 is 1.80 bits per heavy atom. The van der Waals surface area contributed by atoms with Crippen LogP contribution in [-0.2, 0) is 19.1 Å². The third-order valence-electron chi connectivity index (χ3n) is 2.78. The van der Waals surface area contributed by atoms with Gasteiger partial charge in [0.25, 0.3) is 5.79 Å². The zero-order chi connectivity index (χ0) is 11.8. The largest absolute Gasteiger partial charge is 0.422 e. The highest BCUT2D eigenvalue weighted by Crippen LogP contribution is 2.30. The smallest absolute Gasteiger partial charge is 0.323 e. The van der Waals surface area contributed by atoms with Gasteiger partial charge in [-0.05, 0) is 11.8 Å². The standard InChI is InChI=1S/C11H18O4/c1-6(2)7(3)8-9(12)14-11(4,5)15-10(8)13/h6-8H,1-5H3. The van der Waals surface area contributed by atoms with E-state index in [1.807, 2.05) is 20.8 Å². The van der Waals surface area contributed by atoms with Crippen molar-refractivity contribution in [1.29, 1.82) is 0 Å². The van der Waals surface area contributed by atoms with E-state index in [0.29, 0.717) is 0 Å². The number of carbonyl (C=O) groups is 2. The lowest BCUT2D eigenvalue weighted by atomic mass is 9.84. The van der Waals surface area contributed by atoms with Crippen LogP contribution in [0.1, 0.15) is 34.6 Å². The molecule has 0 aromatic heterocycles. The quantitative estimate of drug-likeness (QED) is 0.519. The number of carbonyl (C=O) groups excluding carboxylic acids is 2. The fraction of sp³-hybridized carbons (Fsp3) is 0.818. The monoisotopic (exact) mass is 214 g/mol. The second kappa shape index (κ2) is 3.83. The maximum absolute atomic E-state index is 11.6. The molecule has 1 aliphatic heterocycles. The molecule has 0 radical (unpaired) electrons. The highest BCUT2D eigenvalue weighted by molar-refractivity contribution is 5.97. The summed E-state index contributed by atoms with van der Waals surface area (Å²) in [5.74, 6) is -2.69. The Labute approximate surface area is 89.9 Å². The van der Waals surface area contributed by atoms with Gasteiger partial charge in [-0.3, -0.25) is 9.59 Å². The van der Waals surface area contributed by atoms with Crippen molar-refractivity contribution < 1.29 is 19.1 Å². The van der Waals surface area contributed by atoms with E-state index in [9.17, 15) is 9.59 Å². The van der Waals surface area contributed by atoms with Crippen molar-refractivity contribution in [2.75, 3.05) is 0 Å². The van der Waals surface area contributed by atoms with Crippen LogP contribution in [0.25, 0.3) is 0 Å². The molecule has 0 saturated carbocycles. The average Bonchev–Trinajstić information content (AvgIpc) is 1.99.